The molecule has 0 saturated heterocycles. The lowest BCUT2D eigenvalue weighted by Crippen LogP contribution is -2.51. The van der Waals surface area contributed by atoms with Crippen LogP contribution in [0.25, 0.3) is 0 Å². The monoisotopic (exact) mass is 424 g/mol. The molecular formula is C12H28N2O10S2. The molecule has 0 aromatic heterocycles. The zero-order valence-corrected chi connectivity index (χ0v) is 16.2. The summed E-state index contributed by atoms with van der Waals surface area (Å²) < 4.78 is 51.9. The lowest BCUT2D eigenvalue weighted by molar-refractivity contribution is -0.102. The van der Waals surface area contributed by atoms with Gasteiger partial charge in [-0.05, 0) is 0 Å². The second-order valence-corrected chi connectivity index (χ2v) is 8.86. The third-order valence-corrected chi connectivity index (χ3v) is 4.19. The van der Waals surface area contributed by atoms with Gasteiger partial charge in [-0.3, -0.25) is 8.37 Å². The van der Waals surface area contributed by atoms with E-state index in [1.54, 1.807) is 0 Å². The smallest absolute Gasteiger partial charge is 0.264 e. The maximum Gasteiger partial charge on any atom is 0.264 e. The van der Waals surface area contributed by atoms with Gasteiger partial charge in [-0.1, -0.05) is 0 Å². The van der Waals surface area contributed by atoms with Gasteiger partial charge in [0.25, 0.3) is 20.2 Å². The highest BCUT2D eigenvalue weighted by atomic mass is 32.2. The molecule has 0 aromatic rings. The molecule has 12 nitrogen and oxygen atoms in total. The van der Waals surface area contributed by atoms with Gasteiger partial charge in [-0.15, -0.1) is 0 Å². The molecule has 4 unspecified atom stereocenters. The van der Waals surface area contributed by atoms with Crippen LogP contribution in [-0.4, -0.2) is 114 Å². The molecule has 0 aromatic carbocycles. The number of hydrogen-bond donors (Lipinski definition) is 6. The molecule has 26 heavy (non-hydrogen) atoms. The van der Waals surface area contributed by atoms with E-state index in [0.29, 0.717) is 0 Å². The molecule has 14 heteroatoms. The minimum atomic E-state index is -3.56. The zero-order valence-electron chi connectivity index (χ0n) is 14.6. The van der Waals surface area contributed by atoms with Crippen LogP contribution in [0.5, 0.6) is 0 Å². The third-order valence-electron chi connectivity index (χ3n) is 3.00. The van der Waals surface area contributed by atoms with Crippen LogP contribution in [0.1, 0.15) is 0 Å². The van der Waals surface area contributed by atoms with E-state index in [4.69, 9.17) is 0 Å². The molecule has 0 spiro atoms. The Morgan fingerprint density at radius 2 is 1.04 bits per heavy atom. The molecule has 0 amide bonds. The fourth-order valence-electron chi connectivity index (χ4n) is 1.73. The normalized spacial score (nSPS) is 17.6. The van der Waals surface area contributed by atoms with E-state index in [1.165, 1.54) is 0 Å². The van der Waals surface area contributed by atoms with Crippen molar-refractivity contribution < 1.29 is 45.6 Å². The molecule has 4 atom stereocenters. The highest BCUT2D eigenvalue weighted by Crippen LogP contribution is 2.04. The number of nitrogens with one attached hydrogen (secondary N) is 2. The predicted molar refractivity (Wildman–Crippen MR) is 91.4 cm³/mol. The summed E-state index contributed by atoms with van der Waals surface area (Å²) >= 11 is 0. The first-order valence-corrected chi connectivity index (χ1v) is 11.3. The second kappa shape index (κ2) is 12.1. The van der Waals surface area contributed by atoms with E-state index in [9.17, 15) is 37.3 Å². The molecule has 0 fully saturated rings. The highest BCUT2D eigenvalue weighted by Gasteiger charge is 2.29. The van der Waals surface area contributed by atoms with Crippen LogP contribution in [0.2, 0.25) is 0 Å². The van der Waals surface area contributed by atoms with Gasteiger partial charge in [0, 0.05) is 26.2 Å². The molecule has 6 N–H and O–H groups in total. The van der Waals surface area contributed by atoms with Crippen LogP contribution in [-0.2, 0) is 28.6 Å². The molecule has 158 valence electrons. The van der Waals surface area contributed by atoms with Crippen LogP contribution in [0, 0.1) is 0 Å². The molecule has 0 radical (unpaired) electrons. The average molecular weight is 424 g/mol. The molecule has 0 saturated carbocycles. The van der Waals surface area contributed by atoms with Crippen LogP contribution in [0.15, 0.2) is 0 Å². The van der Waals surface area contributed by atoms with E-state index >= 15 is 0 Å². The van der Waals surface area contributed by atoms with Crippen molar-refractivity contribution in [3.05, 3.63) is 0 Å². The van der Waals surface area contributed by atoms with E-state index in [0.717, 1.165) is 12.5 Å². The molecule has 0 heterocycles. The van der Waals surface area contributed by atoms with Gasteiger partial charge in [0.1, 0.15) is 12.2 Å². The topological polar surface area (TPSA) is 192 Å². The van der Waals surface area contributed by atoms with Gasteiger partial charge in [0.2, 0.25) is 0 Å². The maximum atomic E-state index is 10.7. The molecule has 0 aliphatic carbocycles. The number of hydrogen-bond acceptors (Lipinski definition) is 12. The Balaban J connectivity index is 4.00. The van der Waals surface area contributed by atoms with E-state index in [-0.39, 0.29) is 39.4 Å². The standard InChI is InChI=1S/C12H28N2O10S2/c1-25(19,20)23-5-3-13-7-9(15)11(17)12(18)10(16)8-14-4-6-24-26(2,21)22/h9-18H,3-8H2,1-2H3. The molecule has 0 bridgehead atoms. The lowest BCUT2D eigenvalue weighted by Gasteiger charge is -2.27. The Bertz CT molecular complexity index is 531. The zero-order chi connectivity index (χ0) is 20.4. The summed E-state index contributed by atoms with van der Waals surface area (Å²) in [5, 5.41) is 44.3. The number of aliphatic hydroxyl groups is 4. The first-order valence-electron chi connectivity index (χ1n) is 7.66. The average Bonchev–Trinajstić information content (AvgIpc) is 2.50. The van der Waals surface area contributed by atoms with Crippen molar-refractivity contribution in [2.75, 3.05) is 51.9 Å². The predicted octanol–water partition coefficient (Wildman–Crippen LogP) is -4.44. The van der Waals surface area contributed by atoms with Crippen molar-refractivity contribution in [2.24, 2.45) is 0 Å². The number of aliphatic hydroxyl groups excluding tert-OH is 4. The van der Waals surface area contributed by atoms with Crippen LogP contribution in [0.3, 0.4) is 0 Å². The Hall–Kier alpha value is -0.420. The van der Waals surface area contributed by atoms with Gasteiger partial charge in [0.15, 0.2) is 0 Å². The largest absolute Gasteiger partial charge is 0.389 e. The highest BCUT2D eigenvalue weighted by molar-refractivity contribution is 7.86. The summed E-state index contributed by atoms with van der Waals surface area (Å²) in [5.41, 5.74) is 0. The van der Waals surface area contributed by atoms with Crippen LogP contribution >= 0.6 is 0 Å². The SMILES string of the molecule is CS(=O)(=O)OCCNCC(O)C(O)C(O)C(O)CNCCOS(C)(=O)=O. The van der Waals surface area contributed by atoms with Gasteiger partial charge in [-0.25, -0.2) is 0 Å². The first kappa shape index (κ1) is 25.6. The van der Waals surface area contributed by atoms with Gasteiger partial charge in [-0.2, -0.15) is 16.8 Å². The molecule has 0 aliphatic heterocycles. The minimum absolute atomic E-state index is 0.0807. The summed E-state index contributed by atoms with van der Waals surface area (Å²) in [4.78, 5) is 0. The lowest BCUT2D eigenvalue weighted by atomic mass is 10.0. The molecule has 0 rings (SSSR count). The van der Waals surface area contributed by atoms with Crippen LogP contribution < -0.4 is 10.6 Å². The minimum Gasteiger partial charge on any atom is -0.389 e. The number of rotatable bonds is 15. The van der Waals surface area contributed by atoms with E-state index in [1.807, 2.05) is 0 Å². The van der Waals surface area contributed by atoms with Crippen molar-refractivity contribution in [1.29, 1.82) is 0 Å². The Labute approximate surface area is 153 Å². The van der Waals surface area contributed by atoms with Crippen molar-refractivity contribution in [2.45, 2.75) is 24.4 Å². The van der Waals surface area contributed by atoms with Gasteiger partial charge in [0.05, 0.1) is 37.9 Å². The maximum absolute atomic E-state index is 10.7. The fourth-order valence-corrected chi connectivity index (χ4v) is 2.50. The third kappa shape index (κ3) is 13.7. The molecule has 0 aliphatic rings. The van der Waals surface area contributed by atoms with Crippen molar-refractivity contribution >= 4 is 20.2 Å². The van der Waals surface area contributed by atoms with E-state index < -0.39 is 44.7 Å². The van der Waals surface area contributed by atoms with Crippen molar-refractivity contribution in [1.82, 2.24) is 10.6 Å². The second-order valence-electron chi connectivity index (χ2n) is 5.58. The van der Waals surface area contributed by atoms with Gasteiger partial charge < -0.3 is 31.1 Å². The van der Waals surface area contributed by atoms with E-state index in [2.05, 4.69) is 19.0 Å². The van der Waals surface area contributed by atoms with Crippen LogP contribution in [0.4, 0.5) is 0 Å². The van der Waals surface area contributed by atoms with Crippen molar-refractivity contribution in [3.8, 4) is 0 Å². The summed E-state index contributed by atoms with van der Waals surface area (Å²) in [5.74, 6) is 0. The Morgan fingerprint density at radius 1 is 0.731 bits per heavy atom. The summed E-state index contributed by atoms with van der Waals surface area (Å²) in [6.45, 7) is -0.505. The summed E-state index contributed by atoms with van der Waals surface area (Å²) in [6.07, 6.45) is -4.39. The molecular weight excluding hydrogens is 396 g/mol. The fraction of sp³-hybridized carbons (Fsp3) is 1.00. The Kier molecular flexibility index (Phi) is 11.9. The first-order chi connectivity index (χ1) is 11.8. The quantitative estimate of drug-likeness (QED) is 0.109. The van der Waals surface area contributed by atoms with Gasteiger partial charge >= 0.3 is 0 Å². The Morgan fingerprint density at radius 3 is 1.31 bits per heavy atom. The summed E-state index contributed by atoms with van der Waals surface area (Å²) in [7, 11) is -7.12. The summed E-state index contributed by atoms with van der Waals surface area (Å²) in [6, 6.07) is 0. The van der Waals surface area contributed by atoms with Crippen molar-refractivity contribution in [3.63, 3.8) is 0 Å².